The van der Waals surface area contributed by atoms with Gasteiger partial charge in [-0.05, 0) is 54.0 Å². The van der Waals surface area contributed by atoms with Crippen molar-refractivity contribution in [3.05, 3.63) is 65.5 Å². The molecule has 1 N–H and O–H groups in total. The van der Waals surface area contributed by atoms with Gasteiger partial charge >= 0.3 is 0 Å². The normalized spacial score (nSPS) is 19.7. The van der Waals surface area contributed by atoms with Crippen LogP contribution < -0.4 is 5.43 Å². The molecular formula is C18H17FN2OS. The molecule has 2 aromatic rings. The average molecular weight is 328 g/mol. The Labute approximate surface area is 139 Å². The molecule has 1 aliphatic carbocycles. The van der Waals surface area contributed by atoms with E-state index in [1.165, 1.54) is 12.1 Å². The number of amides is 1. The van der Waals surface area contributed by atoms with Gasteiger partial charge in [0.05, 0.1) is 6.21 Å². The molecule has 2 aromatic carbocycles. The number of benzene rings is 2. The van der Waals surface area contributed by atoms with Crippen molar-refractivity contribution in [3.8, 4) is 0 Å². The van der Waals surface area contributed by atoms with Gasteiger partial charge in [0.2, 0.25) is 5.91 Å². The molecule has 1 fully saturated rings. The molecule has 0 saturated heterocycles. The summed E-state index contributed by atoms with van der Waals surface area (Å²) >= 11 is 1.66. The predicted octanol–water partition coefficient (Wildman–Crippen LogP) is 3.80. The molecule has 3 nitrogen and oxygen atoms in total. The highest BCUT2D eigenvalue weighted by atomic mass is 32.2. The fraction of sp³-hybridized carbons (Fsp3) is 0.222. The number of hydrogen-bond acceptors (Lipinski definition) is 3. The predicted molar refractivity (Wildman–Crippen MR) is 91.2 cm³/mol. The Kier molecular flexibility index (Phi) is 4.76. The van der Waals surface area contributed by atoms with Crippen molar-refractivity contribution < 1.29 is 9.18 Å². The summed E-state index contributed by atoms with van der Waals surface area (Å²) in [5.74, 6) is -0.399. The highest BCUT2D eigenvalue weighted by Crippen LogP contribution is 2.47. The molecule has 1 aliphatic rings. The topological polar surface area (TPSA) is 41.5 Å². The Morgan fingerprint density at radius 1 is 1.30 bits per heavy atom. The molecule has 2 atom stereocenters. The minimum absolute atomic E-state index is 0.0979. The third-order valence-corrected chi connectivity index (χ3v) is 4.61. The van der Waals surface area contributed by atoms with Crippen LogP contribution >= 0.6 is 11.8 Å². The van der Waals surface area contributed by atoms with Crippen LogP contribution in [0.1, 0.15) is 23.5 Å². The molecule has 0 radical (unpaired) electrons. The van der Waals surface area contributed by atoms with E-state index in [-0.39, 0.29) is 23.6 Å². The second-order valence-electron chi connectivity index (χ2n) is 5.51. The van der Waals surface area contributed by atoms with Gasteiger partial charge in [-0.3, -0.25) is 4.79 Å². The summed E-state index contributed by atoms with van der Waals surface area (Å²) in [4.78, 5) is 13.2. The molecule has 0 bridgehead atoms. The van der Waals surface area contributed by atoms with Crippen molar-refractivity contribution in [1.29, 1.82) is 0 Å². The molecule has 5 heteroatoms. The Morgan fingerprint density at radius 3 is 2.91 bits per heavy atom. The van der Waals surface area contributed by atoms with Gasteiger partial charge in [0.1, 0.15) is 5.82 Å². The van der Waals surface area contributed by atoms with Gasteiger partial charge < -0.3 is 0 Å². The number of hydrazone groups is 1. The highest BCUT2D eigenvalue weighted by Gasteiger charge is 2.44. The SMILES string of the molecule is CSc1cccc(/C=N/NC(=O)C2CC2c2cccc(F)c2)c1. The minimum Gasteiger partial charge on any atom is -0.273 e. The first-order chi connectivity index (χ1) is 11.2. The fourth-order valence-electron chi connectivity index (χ4n) is 2.57. The maximum absolute atomic E-state index is 13.2. The molecule has 118 valence electrons. The zero-order valence-electron chi connectivity index (χ0n) is 12.7. The Balaban J connectivity index is 1.55. The number of hydrogen-bond donors (Lipinski definition) is 1. The highest BCUT2D eigenvalue weighted by molar-refractivity contribution is 7.98. The van der Waals surface area contributed by atoms with Crippen LogP contribution in [0.15, 0.2) is 58.5 Å². The van der Waals surface area contributed by atoms with E-state index >= 15 is 0 Å². The van der Waals surface area contributed by atoms with Gasteiger partial charge in [-0.2, -0.15) is 5.10 Å². The van der Waals surface area contributed by atoms with E-state index in [0.717, 1.165) is 22.4 Å². The van der Waals surface area contributed by atoms with Crippen molar-refractivity contribution in [3.63, 3.8) is 0 Å². The minimum atomic E-state index is -0.264. The zero-order valence-corrected chi connectivity index (χ0v) is 13.5. The maximum Gasteiger partial charge on any atom is 0.243 e. The van der Waals surface area contributed by atoms with E-state index < -0.39 is 0 Å². The van der Waals surface area contributed by atoms with Crippen molar-refractivity contribution in [2.45, 2.75) is 17.2 Å². The van der Waals surface area contributed by atoms with Crippen LogP contribution in [0.25, 0.3) is 0 Å². The van der Waals surface area contributed by atoms with Crippen molar-refractivity contribution in [1.82, 2.24) is 5.43 Å². The third-order valence-electron chi connectivity index (χ3n) is 3.89. The lowest BCUT2D eigenvalue weighted by Crippen LogP contribution is -2.20. The quantitative estimate of drug-likeness (QED) is 0.515. The Hall–Kier alpha value is -2.14. The number of nitrogens with zero attached hydrogens (tertiary/aromatic N) is 1. The second kappa shape index (κ2) is 6.96. The summed E-state index contributed by atoms with van der Waals surface area (Å²) in [5.41, 5.74) is 4.39. The molecular weight excluding hydrogens is 311 g/mol. The molecule has 1 saturated carbocycles. The van der Waals surface area contributed by atoms with Crippen LogP contribution in [-0.2, 0) is 4.79 Å². The van der Waals surface area contributed by atoms with Crippen molar-refractivity contribution in [2.75, 3.05) is 6.26 Å². The molecule has 2 unspecified atom stereocenters. The average Bonchev–Trinajstić information content (AvgIpc) is 3.36. The summed E-state index contributed by atoms with van der Waals surface area (Å²) in [5, 5.41) is 4.02. The summed E-state index contributed by atoms with van der Waals surface area (Å²) in [6.45, 7) is 0. The number of carbonyl (C=O) groups is 1. The number of thioether (sulfide) groups is 1. The van der Waals surface area contributed by atoms with Crippen molar-refractivity contribution >= 4 is 23.9 Å². The summed E-state index contributed by atoms with van der Waals surface area (Å²) in [6.07, 6.45) is 4.39. The first-order valence-corrected chi connectivity index (χ1v) is 8.62. The fourth-order valence-corrected chi connectivity index (χ4v) is 3.03. The van der Waals surface area contributed by atoms with E-state index in [1.807, 2.05) is 36.6 Å². The monoisotopic (exact) mass is 328 g/mol. The molecule has 0 aromatic heterocycles. The standard InChI is InChI=1S/C18H17FN2OS/c1-23-15-7-2-4-12(8-15)11-20-21-18(22)17-10-16(17)13-5-3-6-14(19)9-13/h2-9,11,16-17H,10H2,1H3,(H,21,22)/b20-11+. The van der Waals surface area contributed by atoms with Crippen LogP contribution in [0.5, 0.6) is 0 Å². The van der Waals surface area contributed by atoms with Crippen LogP contribution in [-0.4, -0.2) is 18.4 Å². The molecule has 0 heterocycles. The maximum atomic E-state index is 13.2. The van der Waals surface area contributed by atoms with Gasteiger partial charge in [0.15, 0.2) is 0 Å². The van der Waals surface area contributed by atoms with Gasteiger partial charge in [0.25, 0.3) is 0 Å². The number of carbonyl (C=O) groups excluding carboxylic acids is 1. The van der Waals surface area contributed by atoms with Crippen molar-refractivity contribution in [2.24, 2.45) is 11.0 Å². The molecule has 0 spiro atoms. The Morgan fingerprint density at radius 2 is 2.13 bits per heavy atom. The molecule has 23 heavy (non-hydrogen) atoms. The summed E-state index contributed by atoms with van der Waals surface area (Å²) in [6, 6.07) is 14.4. The number of nitrogens with one attached hydrogen (secondary N) is 1. The lowest BCUT2D eigenvalue weighted by Gasteiger charge is -2.01. The summed E-state index contributed by atoms with van der Waals surface area (Å²) in [7, 11) is 0. The molecule has 1 amide bonds. The van der Waals surface area contributed by atoms with E-state index in [1.54, 1.807) is 24.0 Å². The lowest BCUT2D eigenvalue weighted by atomic mass is 10.1. The Bertz CT molecular complexity index is 747. The van der Waals surface area contributed by atoms with E-state index in [9.17, 15) is 9.18 Å². The smallest absolute Gasteiger partial charge is 0.243 e. The van der Waals surface area contributed by atoms with Gasteiger partial charge in [-0.1, -0.05) is 24.3 Å². The van der Waals surface area contributed by atoms with E-state index in [0.29, 0.717) is 0 Å². The van der Waals surface area contributed by atoms with Gasteiger partial charge in [0, 0.05) is 10.8 Å². The van der Waals surface area contributed by atoms with Crippen LogP contribution in [0.2, 0.25) is 0 Å². The lowest BCUT2D eigenvalue weighted by molar-refractivity contribution is -0.122. The third kappa shape index (κ3) is 3.99. The molecule has 3 rings (SSSR count). The van der Waals surface area contributed by atoms with E-state index in [4.69, 9.17) is 0 Å². The largest absolute Gasteiger partial charge is 0.273 e. The van der Waals surface area contributed by atoms with Crippen LogP contribution in [0.3, 0.4) is 0 Å². The van der Waals surface area contributed by atoms with Gasteiger partial charge in [-0.25, -0.2) is 9.82 Å². The van der Waals surface area contributed by atoms with E-state index in [2.05, 4.69) is 10.5 Å². The summed E-state index contributed by atoms with van der Waals surface area (Å²) < 4.78 is 13.2. The zero-order chi connectivity index (χ0) is 16.2. The first-order valence-electron chi connectivity index (χ1n) is 7.40. The van der Waals surface area contributed by atoms with Crippen LogP contribution in [0.4, 0.5) is 4.39 Å². The second-order valence-corrected chi connectivity index (χ2v) is 6.39. The number of halogens is 1. The van der Waals surface area contributed by atoms with Crippen LogP contribution in [0, 0.1) is 11.7 Å². The van der Waals surface area contributed by atoms with Gasteiger partial charge in [-0.15, -0.1) is 11.8 Å². The first kappa shape index (κ1) is 15.7. The number of rotatable bonds is 5. The molecule has 0 aliphatic heterocycles.